The van der Waals surface area contributed by atoms with E-state index in [1.165, 1.54) is 23.8 Å². The fraction of sp³-hybridized carbons (Fsp3) is 0.259. The Kier molecular flexibility index (Phi) is 5.99. The molecule has 1 aliphatic rings. The lowest BCUT2D eigenvalue weighted by Crippen LogP contribution is -2.05. The molecule has 0 aliphatic heterocycles. The number of nitrogens with one attached hydrogen (secondary N) is 1. The molecule has 4 aromatic rings. The average Bonchev–Trinajstić information content (AvgIpc) is 3.34. The van der Waals surface area contributed by atoms with E-state index in [4.69, 9.17) is 10.1 Å². The van der Waals surface area contributed by atoms with Crippen molar-refractivity contribution in [2.45, 2.75) is 46.5 Å². The topological polar surface area (TPSA) is 72.7 Å². The van der Waals surface area contributed by atoms with E-state index in [2.05, 4.69) is 47.3 Å². The van der Waals surface area contributed by atoms with Crippen LogP contribution in [0.4, 0.5) is 5.13 Å². The highest BCUT2D eigenvalue weighted by Gasteiger charge is 2.28. The molecule has 6 nitrogen and oxygen atoms in total. The zero-order valence-corrected chi connectivity index (χ0v) is 20.3. The molecule has 0 saturated carbocycles. The Morgan fingerprint density at radius 2 is 2.06 bits per heavy atom. The number of fused-ring (bicyclic) bond motifs is 3. The number of anilines is 1. The number of hydrogen-bond acceptors (Lipinski definition) is 5. The highest BCUT2D eigenvalue weighted by Crippen LogP contribution is 2.43. The Morgan fingerprint density at radius 3 is 2.79 bits per heavy atom. The minimum atomic E-state index is -0.116. The largest absolute Gasteiger partial charge is 0.302 e. The summed E-state index contributed by atoms with van der Waals surface area (Å²) in [6.07, 6.45) is 5.38. The molecule has 7 heteroatoms. The third kappa shape index (κ3) is 4.13. The number of aromatic nitrogens is 4. The summed E-state index contributed by atoms with van der Waals surface area (Å²) in [4.78, 5) is 22.1. The van der Waals surface area contributed by atoms with Crippen LogP contribution in [0.15, 0.2) is 42.6 Å². The molecule has 1 aromatic carbocycles. The van der Waals surface area contributed by atoms with Gasteiger partial charge >= 0.3 is 0 Å². The number of benzene rings is 1. The van der Waals surface area contributed by atoms with Crippen LogP contribution in [-0.2, 0) is 17.6 Å². The van der Waals surface area contributed by atoms with Crippen LogP contribution in [0.25, 0.3) is 27.5 Å². The molecule has 0 radical (unpaired) electrons. The number of carbonyl (C=O) groups excluding carboxylic acids is 1. The fourth-order valence-electron chi connectivity index (χ4n) is 4.26. The van der Waals surface area contributed by atoms with Crippen LogP contribution in [0.3, 0.4) is 0 Å². The zero-order chi connectivity index (χ0) is 23.7. The predicted octanol–water partition coefficient (Wildman–Crippen LogP) is 5.57. The van der Waals surface area contributed by atoms with Crippen LogP contribution in [-0.4, -0.2) is 25.7 Å². The maximum atomic E-state index is 11.7. The number of thiazole rings is 1. The van der Waals surface area contributed by atoms with E-state index in [0.29, 0.717) is 5.13 Å². The van der Waals surface area contributed by atoms with Crippen LogP contribution >= 0.6 is 11.3 Å². The van der Waals surface area contributed by atoms with E-state index >= 15 is 0 Å². The predicted molar refractivity (Wildman–Crippen MR) is 136 cm³/mol. The van der Waals surface area contributed by atoms with Gasteiger partial charge in [-0.2, -0.15) is 5.10 Å². The Hall–Kier alpha value is -3.76. The summed E-state index contributed by atoms with van der Waals surface area (Å²) >= 11 is 1.52. The van der Waals surface area contributed by atoms with E-state index in [9.17, 15) is 4.79 Å². The van der Waals surface area contributed by atoms with Gasteiger partial charge in [-0.15, -0.1) is 0 Å². The first-order valence-electron chi connectivity index (χ1n) is 11.5. The van der Waals surface area contributed by atoms with Crippen molar-refractivity contribution < 1.29 is 4.79 Å². The summed E-state index contributed by atoms with van der Waals surface area (Å²) in [6.45, 7) is 5.63. The number of hydrogen-bond donors (Lipinski definition) is 1. The second kappa shape index (κ2) is 9.24. The molecule has 5 rings (SSSR count). The lowest BCUT2D eigenvalue weighted by atomic mass is 10.0. The van der Waals surface area contributed by atoms with Crippen LogP contribution < -0.4 is 5.32 Å². The SMILES string of the molecule is CCC#Cc1ccc(-c2nn(-c3ccccc3C)c3c2CCCc2nc(NC(C)=O)sc2-3)cn1. The lowest BCUT2D eigenvalue weighted by molar-refractivity contribution is -0.114. The van der Waals surface area contributed by atoms with Gasteiger partial charge in [0.05, 0.1) is 27.6 Å². The first-order chi connectivity index (χ1) is 16.5. The van der Waals surface area contributed by atoms with Crippen molar-refractivity contribution in [3.63, 3.8) is 0 Å². The molecule has 0 unspecified atom stereocenters. The molecule has 1 N–H and O–H groups in total. The first kappa shape index (κ1) is 22.1. The number of carbonyl (C=O) groups is 1. The van der Waals surface area contributed by atoms with Gasteiger partial charge in [-0.3, -0.25) is 4.79 Å². The van der Waals surface area contributed by atoms with Gasteiger partial charge in [0.2, 0.25) is 5.91 Å². The lowest BCUT2D eigenvalue weighted by Gasteiger charge is -2.10. The van der Waals surface area contributed by atoms with Gasteiger partial charge in [-0.25, -0.2) is 14.6 Å². The quantitative estimate of drug-likeness (QED) is 0.400. The van der Waals surface area contributed by atoms with Gasteiger partial charge < -0.3 is 5.32 Å². The average molecular weight is 468 g/mol. The Bertz CT molecular complexity index is 1440. The fourth-order valence-corrected chi connectivity index (χ4v) is 5.37. The molecule has 3 heterocycles. The molecular weight excluding hydrogens is 442 g/mol. The molecule has 34 heavy (non-hydrogen) atoms. The molecule has 1 amide bonds. The Morgan fingerprint density at radius 1 is 1.21 bits per heavy atom. The first-order valence-corrected chi connectivity index (χ1v) is 12.3. The van der Waals surface area contributed by atoms with E-state index in [1.807, 2.05) is 36.0 Å². The summed E-state index contributed by atoms with van der Waals surface area (Å²) in [5, 5.41) is 8.62. The van der Waals surface area contributed by atoms with Crippen molar-refractivity contribution in [3.05, 3.63) is 65.1 Å². The maximum absolute atomic E-state index is 11.7. The van der Waals surface area contributed by atoms with Crippen molar-refractivity contribution in [1.29, 1.82) is 0 Å². The summed E-state index contributed by atoms with van der Waals surface area (Å²) in [7, 11) is 0. The van der Waals surface area contributed by atoms with E-state index in [0.717, 1.165) is 70.2 Å². The Balaban J connectivity index is 1.72. The van der Waals surface area contributed by atoms with Crippen LogP contribution in [0, 0.1) is 18.8 Å². The summed E-state index contributed by atoms with van der Waals surface area (Å²) in [5.74, 6) is 6.04. The number of nitrogens with zero attached hydrogens (tertiary/aromatic N) is 4. The second-order valence-electron chi connectivity index (χ2n) is 8.29. The van der Waals surface area contributed by atoms with Crippen molar-refractivity contribution in [2.75, 3.05) is 5.32 Å². The number of aryl methyl sites for hydroxylation is 2. The van der Waals surface area contributed by atoms with Crippen molar-refractivity contribution in [3.8, 4) is 39.4 Å². The van der Waals surface area contributed by atoms with Crippen LogP contribution in [0.5, 0.6) is 0 Å². The van der Waals surface area contributed by atoms with E-state index in [1.54, 1.807) is 0 Å². The normalized spacial score (nSPS) is 12.2. The monoisotopic (exact) mass is 467 g/mol. The second-order valence-corrected chi connectivity index (χ2v) is 9.29. The van der Waals surface area contributed by atoms with Crippen molar-refractivity contribution in [2.24, 2.45) is 0 Å². The summed E-state index contributed by atoms with van der Waals surface area (Å²) in [5.41, 5.74) is 8.10. The molecule has 0 atom stereocenters. The molecule has 0 spiro atoms. The number of pyridine rings is 1. The van der Waals surface area contributed by atoms with Gasteiger partial charge in [0, 0.05) is 30.7 Å². The molecule has 0 saturated heterocycles. The Labute approximate surface area is 203 Å². The summed E-state index contributed by atoms with van der Waals surface area (Å²) < 4.78 is 2.05. The minimum Gasteiger partial charge on any atom is -0.302 e. The van der Waals surface area contributed by atoms with Gasteiger partial charge in [0.1, 0.15) is 5.69 Å². The molecule has 0 fully saturated rings. The molecule has 3 aromatic heterocycles. The van der Waals surface area contributed by atoms with Gasteiger partial charge in [-0.05, 0) is 55.9 Å². The number of rotatable bonds is 3. The third-order valence-corrected chi connectivity index (χ3v) is 6.81. The molecule has 0 bridgehead atoms. The number of amides is 1. The standard InChI is InChI=1S/C27H25N5OS/c1-4-5-10-20-15-14-19(16-28-20)24-21-11-8-12-22-26(34-27(30-22)29-18(3)33)25(21)32(31-24)23-13-7-6-9-17(23)2/h6-7,9,13-16H,4,8,11-12H2,1-3H3,(H,29,30,33). The van der Waals surface area contributed by atoms with Gasteiger partial charge in [0.15, 0.2) is 5.13 Å². The third-order valence-electron chi connectivity index (χ3n) is 5.79. The van der Waals surface area contributed by atoms with Crippen molar-refractivity contribution in [1.82, 2.24) is 19.7 Å². The van der Waals surface area contributed by atoms with E-state index in [-0.39, 0.29) is 5.91 Å². The van der Waals surface area contributed by atoms with Crippen LogP contribution in [0.2, 0.25) is 0 Å². The number of para-hydroxylation sites is 1. The van der Waals surface area contributed by atoms with Gasteiger partial charge in [-0.1, -0.05) is 42.4 Å². The molecular formula is C27H25N5OS. The molecule has 1 aliphatic carbocycles. The highest BCUT2D eigenvalue weighted by molar-refractivity contribution is 7.19. The zero-order valence-electron chi connectivity index (χ0n) is 19.5. The summed E-state index contributed by atoms with van der Waals surface area (Å²) in [6, 6.07) is 12.3. The van der Waals surface area contributed by atoms with Crippen LogP contribution in [0.1, 0.15) is 49.2 Å². The van der Waals surface area contributed by atoms with Crippen molar-refractivity contribution >= 4 is 22.4 Å². The maximum Gasteiger partial charge on any atom is 0.223 e. The minimum absolute atomic E-state index is 0.116. The van der Waals surface area contributed by atoms with Gasteiger partial charge in [0.25, 0.3) is 0 Å². The smallest absolute Gasteiger partial charge is 0.223 e. The highest BCUT2D eigenvalue weighted by atomic mass is 32.1. The molecule has 170 valence electrons. The van der Waals surface area contributed by atoms with E-state index < -0.39 is 0 Å².